The van der Waals surface area contributed by atoms with Crippen molar-refractivity contribution in [2.75, 3.05) is 0 Å². The summed E-state index contributed by atoms with van der Waals surface area (Å²) in [6, 6.07) is 52.5. The summed E-state index contributed by atoms with van der Waals surface area (Å²) in [6.07, 6.45) is 7.52. The van der Waals surface area contributed by atoms with Crippen molar-refractivity contribution >= 4 is 54.4 Å². The predicted molar refractivity (Wildman–Crippen MR) is 218 cm³/mol. The summed E-state index contributed by atoms with van der Waals surface area (Å²) in [7, 11) is 0. The molecule has 0 spiro atoms. The summed E-state index contributed by atoms with van der Waals surface area (Å²) in [5, 5.41) is 6.82. The van der Waals surface area contributed by atoms with Crippen molar-refractivity contribution in [2.24, 2.45) is 0 Å². The molecule has 0 atom stereocenters. The average molecular weight is 692 g/mol. The topological polar surface area (TPSA) is 74.3 Å². The van der Waals surface area contributed by atoms with E-state index >= 15 is 0 Å². The minimum Gasteiger partial charge on any atom is -0.294 e. The summed E-state index contributed by atoms with van der Waals surface area (Å²) in [5.74, 6) is 1.62. The van der Waals surface area contributed by atoms with Gasteiger partial charge in [0.25, 0.3) is 0 Å². The Bertz CT molecular complexity index is 2970. The largest absolute Gasteiger partial charge is 0.294 e. The number of rotatable bonds is 5. The van der Waals surface area contributed by atoms with Crippen LogP contribution in [0.4, 0.5) is 0 Å². The Morgan fingerprint density at radius 2 is 0.852 bits per heavy atom. The predicted octanol–water partition coefficient (Wildman–Crippen LogP) is 11.0. The van der Waals surface area contributed by atoms with Gasteiger partial charge in [0.2, 0.25) is 0 Å². The molecular formula is C47H29N7. The van der Waals surface area contributed by atoms with Gasteiger partial charge in [-0.05, 0) is 88.6 Å². The second kappa shape index (κ2) is 12.0. The Labute approximate surface area is 309 Å². The van der Waals surface area contributed by atoms with E-state index in [4.69, 9.17) is 15.0 Å². The summed E-state index contributed by atoms with van der Waals surface area (Å²) in [5.41, 5.74) is 9.43. The number of hydrogen-bond donors (Lipinski definition) is 0. The van der Waals surface area contributed by atoms with E-state index in [1.807, 2.05) is 49.1 Å². The number of pyridine rings is 5. The molecule has 0 amide bonds. The zero-order valence-corrected chi connectivity index (χ0v) is 28.9. The molecule has 252 valence electrons. The van der Waals surface area contributed by atoms with E-state index in [1.54, 1.807) is 0 Å². The van der Waals surface area contributed by atoms with Gasteiger partial charge in [0.05, 0.1) is 44.8 Å². The molecule has 0 fully saturated rings. The maximum Gasteiger partial charge on any atom is 0.138 e. The molecule has 11 rings (SSSR count). The van der Waals surface area contributed by atoms with E-state index in [1.165, 1.54) is 10.8 Å². The maximum absolute atomic E-state index is 5.29. The van der Waals surface area contributed by atoms with Crippen LogP contribution in [0.2, 0.25) is 0 Å². The molecule has 11 aromatic rings. The fourth-order valence-corrected chi connectivity index (χ4v) is 7.83. The molecule has 0 radical (unpaired) electrons. The fraction of sp³-hybridized carbons (Fsp3) is 0. The van der Waals surface area contributed by atoms with Crippen molar-refractivity contribution in [3.8, 4) is 45.5 Å². The first-order valence-electron chi connectivity index (χ1n) is 17.9. The third kappa shape index (κ3) is 4.79. The number of benzene rings is 4. The first-order valence-corrected chi connectivity index (χ1v) is 17.9. The van der Waals surface area contributed by atoms with Gasteiger partial charge in [-0.15, -0.1) is 0 Å². The highest BCUT2D eigenvalue weighted by atomic mass is 15.1. The average Bonchev–Trinajstić information content (AvgIpc) is 3.77. The monoisotopic (exact) mass is 691 g/mol. The molecule has 4 aromatic carbocycles. The van der Waals surface area contributed by atoms with Crippen molar-refractivity contribution in [3.05, 3.63) is 176 Å². The molecule has 0 bridgehead atoms. The minimum atomic E-state index is 0.759. The van der Waals surface area contributed by atoms with Crippen LogP contribution in [0.5, 0.6) is 0 Å². The summed E-state index contributed by atoms with van der Waals surface area (Å²) < 4.78 is 4.41. The normalized spacial score (nSPS) is 11.7. The Morgan fingerprint density at radius 3 is 1.44 bits per heavy atom. The molecular weight excluding hydrogens is 663 g/mol. The van der Waals surface area contributed by atoms with Gasteiger partial charge in [0, 0.05) is 46.3 Å². The molecule has 7 nitrogen and oxygen atoms in total. The van der Waals surface area contributed by atoms with Gasteiger partial charge >= 0.3 is 0 Å². The van der Waals surface area contributed by atoms with Crippen molar-refractivity contribution in [1.82, 2.24) is 34.1 Å². The molecule has 7 aromatic heterocycles. The van der Waals surface area contributed by atoms with Crippen LogP contribution < -0.4 is 0 Å². The Kier molecular flexibility index (Phi) is 6.72. The SMILES string of the molecule is c1cc(-c2cc(-c3ccc4ccccc4c3)cc(-c3cccc(-n4c5ccccc5c5cnccc54)n3)n2)nc(-n2c3ccccc3c3cnccc32)c1. The highest BCUT2D eigenvalue weighted by Gasteiger charge is 2.17. The molecule has 0 N–H and O–H groups in total. The van der Waals surface area contributed by atoms with E-state index in [0.29, 0.717) is 0 Å². The van der Waals surface area contributed by atoms with Gasteiger partial charge in [-0.3, -0.25) is 19.1 Å². The molecule has 0 unspecified atom stereocenters. The Hall–Kier alpha value is -7.51. The van der Waals surface area contributed by atoms with E-state index in [0.717, 1.165) is 89.2 Å². The second-order valence-electron chi connectivity index (χ2n) is 13.4. The van der Waals surface area contributed by atoms with E-state index in [2.05, 4.69) is 146 Å². The second-order valence-corrected chi connectivity index (χ2v) is 13.4. The number of hydrogen-bond acceptors (Lipinski definition) is 5. The lowest BCUT2D eigenvalue weighted by molar-refractivity contribution is 1.07. The lowest BCUT2D eigenvalue weighted by Gasteiger charge is -2.13. The zero-order valence-electron chi connectivity index (χ0n) is 28.9. The lowest BCUT2D eigenvalue weighted by atomic mass is 9.99. The van der Waals surface area contributed by atoms with E-state index in [9.17, 15) is 0 Å². The molecule has 0 saturated carbocycles. The van der Waals surface area contributed by atoms with Gasteiger partial charge in [-0.1, -0.05) is 84.9 Å². The van der Waals surface area contributed by atoms with E-state index < -0.39 is 0 Å². The quantitative estimate of drug-likeness (QED) is 0.180. The zero-order chi connectivity index (χ0) is 35.6. The summed E-state index contributed by atoms with van der Waals surface area (Å²) in [4.78, 5) is 24.7. The van der Waals surface area contributed by atoms with Crippen molar-refractivity contribution in [1.29, 1.82) is 0 Å². The van der Waals surface area contributed by atoms with Gasteiger partial charge in [-0.2, -0.15) is 0 Å². The van der Waals surface area contributed by atoms with Crippen LogP contribution in [0.1, 0.15) is 0 Å². The van der Waals surface area contributed by atoms with Crippen LogP contribution in [-0.2, 0) is 0 Å². The first kappa shape index (κ1) is 30.1. The standard InChI is InChI=1S/C47H29N7/c1-2-10-31-25-32(20-19-30(31)9-1)33-26-40(38-13-7-17-46(51-38)53-42-15-5-3-11-34(42)36-28-48-23-21-44(36)53)50-41(27-33)39-14-8-18-47(52-39)54-43-16-6-4-12-35(43)37-29-49-24-22-45(37)54/h1-29H. The lowest BCUT2D eigenvalue weighted by Crippen LogP contribution is -2.01. The highest BCUT2D eigenvalue weighted by molar-refractivity contribution is 6.09. The molecule has 7 heteroatoms. The first-order chi connectivity index (χ1) is 26.8. The van der Waals surface area contributed by atoms with Gasteiger partial charge < -0.3 is 0 Å². The van der Waals surface area contributed by atoms with E-state index in [-0.39, 0.29) is 0 Å². The highest BCUT2D eigenvalue weighted by Crippen LogP contribution is 2.35. The van der Waals surface area contributed by atoms with Crippen LogP contribution in [0.15, 0.2) is 176 Å². The van der Waals surface area contributed by atoms with Crippen LogP contribution in [0, 0.1) is 0 Å². The number of nitrogens with zero attached hydrogens (tertiary/aromatic N) is 7. The van der Waals surface area contributed by atoms with Crippen molar-refractivity contribution in [3.63, 3.8) is 0 Å². The van der Waals surface area contributed by atoms with Crippen LogP contribution >= 0.6 is 0 Å². The number of fused-ring (bicyclic) bond motifs is 7. The molecule has 0 saturated heterocycles. The molecule has 0 aliphatic carbocycles. The van der Waals surface area contributed by atoms with Crippen molar-refractivity contribution < 1.29 is 0 Å². The Morgan fingerprint density at radius 1 is 0.333 bits per heavy atom. The number of aromatic nitrogens is 7. The third-order valence-corrected chi connectivity index (χ3v) is 10.3. The maximum atomic E-state index is 5.29. The van der Waals surface area contributed by atoms with Crippen molar-refractivity contribution in [2.45, 2.75) is 0 Å². The summed E-state index contributed by atoms with van der Waals surface area (Å²) >= 11 is 0. The van der Waals surface area contributed by atoms with Crippen LogP contribution in [0.25, 0.3) is 99.9 Å². The fourth-order valence-electron chi connectivity index (χ4n) is 7.83. The molecule has 0 aliphatic rings. The van der Waals surface area contributed by atoms with Gasteiger partial charge in [0.15, 0.2) is 0 Å². The molecule has 7 heterocycles. The Balaban J connectivity index is 1.11. The van der Waals surface area contributed by atoms with Crippen LogP contribution in [-0.4, -0.2) is 34.1 Å². The molecule has 0 aliphatic heterocycles. The summed E-state index contributed by atoms with van der Waals surface area (Å²) in [6.45, 7) is 0. The third-order valence-electron chi connectivity index (χ3n) is 10.3. The minimum absolute atomic E-state index is 0.759. The number of para-hydroxylation sites is 2. The van der Waals surface area contributed by atoms with Gasteiger partial charge in [-0.25, -0.2) is 15.0 Å². The van der Waals surface area contributed by atoms with Crippen LogP contribution in [0.3, 0.4) is 0 Å². The smallest absolute Gasteiger partial charge is 0.138 e. The molecule has 54 heavy (non-hydrogen) atoms. The van der Waals surface area contributed by atoms with Gasteiger partial charge in [0.1, 0.15) is 11.6 Å².